The van der Waals surface area contributed by atoms with Crippen molar-refractivity contribution in [2.45, 2.75) is 32.2 Å². The normalized spacial score (nSPS) is 25.9. The van der Waals surface area contributed by atoms with E-state index in [4.69, 9.17) is 5.73 Å². The van der Waals surface area contributed by atoms with E-state index < -0.39 is 6.04 Å². The summed E-state index contributed by atoms with van der Waals surface area (Å²) >= 11 is 0. The maximum atomic E-state index is 12.7. The molecule has 6 nitrogen and oxygen atoms in total. The fraction of sp³-hybridized carbons (Fsp3) is 0.471. The van der Waals surface area contributed by atoms with Crippen molar-refractivity contribution in [2.24, 2.45) is 11.7 Å². The van der Waals surface area contributed by atoms with E-state index in [0.29, 0.717) is 12.2 Å². The van der Waals surface area contributed by atoms with E-state index in [1.54, 1.807) is 12.1 Å². The maximum Gasteiger partial charge on any atom is 0.251 e. The first-order valence-electron chi connectivity index (χ1n) is 7.94. The summed E-state index contributed by atoms with van der Waals surface area (Å²) in [5.41, 5.74) is 7.08. The molecule has 6 heteroatoms. The van der Waals surface area contributed by atoms with Crippen LogP contribution in [0.2, 0.25) is 0 Å². The number of nitrogens with zero attached hydrogens (tertiary/aromatic N) is 2. The number of carbonyl (C=O) groups excluding carboxylic acids is 3. The predicted molar refractivity (Wildman–Crippen MR) is 85.6 cm³/mol. The fourth-order valence-corrected chi connectivity index (χ4v) is 3.39. The monoisotopic (exact) mass is 315 g/mol. The number of nitrogens with two attached hydrogens (primary N) is 1. The zero-order chi connectivity index (χ0) is 16.6. The SMILES string of the molecule is Cc1ccc(N2C(=O)C[C@@H](N3CCC[C@H](C(N)=O)C3)C2=O)cc1. The van der Waals surface area contributed by atoms with Crippen molar-refractivity contribution in [3.63, 3.8) is 0 Å². The van der Waals surface area contributed by atoms with Crippen LogP contribution in [0.4, 0.5) is 5.69 Å². The number of carbonyl (C=O) groups is 3. The lowest BCUT2D eigenvalue weighted by atomic mass is 9.96. The van der Waals surface area contributed by atoms with E-state index >= 15 is 0 Å². The van der Waals surface area contributed by atoms with E-state index in [-0.39, 0.29) is 30.1 Å². The van der Waals surface area contributed by atoms with E-state index in [2.05, 4.69) is 0 Å². The zero-order valence-electron chi connectivity index (χ0n) is 13.2. The number of amides is 3. The summed E-state index contributed by atoms with van der Waals surface area (Å²) in [4.78, 5) is 39.7. The number of hydrogen-bond donors (Lipinski definition) is 1. The average Bonchev–Trinajstić information content (AvgIpc) is 2.83. The molecule has 2 atom stereocenters. The van der Waals surface area contributed by atoms with Crippen molar-refractivity contribution in [1.29, 1.82) is 0 Å². The Kier molecular flexibility index (Phi) is 4.17. The molecule has 2 heterocycles. The van der Waals surface area contributed by atoms with Crippen molar-refractivity contribution in [2.75, 3.05) is 18.0 Å². The number of hydrogen-bond acceptors (Lipinski definition) is 4. The fourth-order valence-electron chi connectivity index (χ4n) is 3.39. The van der Waals surface area contributed by atoms with Gasteiger partial charge in [0, 0.05) is 6.54 Å². The molecule has 2 fully saturated rings. The Morgan fingerprint density at radius 1 is 1.22 bits per heavy atom. The third-order valence-corrected chi connectivity index (χ3v) is 4.71. The molecular weight excluding hydrogens is 294 g/mol. The molecule has 0 spiro atoms. The Morgan fingerprint density at radius 3 is 2.57 bits per heavy atom. The Morgan fingerprint density at radius 2 is 1.91 bits per heavy atom. The summed E-state index contributed by atoms with van der Waals surface area (Å²) in [6.45, 7) is 3.13. The molecular formula is C17H21N3O3. The van der Waals surface area contributed by atoms with Crippen LogP contribution in [0, 0.1) is 12.8 Å². The number of likely N-dealkylation sites (tertiary alicyclic amines) is 1. The van der Waals surface area contributed by atoms with Crippen molar-refractivity contribution in [3.8, 4) is 0 Å². The molecule has 0 saturated carbocycles. The van der Waals surface area contributed by atoms with Gasteiger partial charge < -0.3 is 5.73 Å². The Labute approximate surface area is 135 Å². The van der Waals surface area contributed by atoms with Gasteiger partial charge in [-0.2, -0.15) is 0 Å². The lowest BCUT2D eigenvalue weighted by molar-refractivity contribution is -0.127. The second kappa shape index (κ2) is 6.12. The third-order valence-electron chi connectivity index (χ3n) is 4.71. The van der Waals surface area contributed by atoms with Crippen LogP contribution in [0.3, 0.4) is 0 Å². The topological polar surface area (TPSA) is 83.7 Å². The summed E-state index contributed by atoms with van der Waals surface area (Å²) < 4.78 is 0. The van der Waals surface area contributed by atoms with Crippen molar-refractivity contribution >= 4 is 23.4 Å². The lowest BCUT2D eigenvalue weighted by Gasteiger charge is -2.34. The van der Waals surface area contributed by atoms with E-state index in [0.717, 1.165) is 24.9 Å². The van der Waals surface area contributed by atoms with Gasteiger partial charge in [0.25, 0.3) is 5.91 Å². The van der Waals surface area contributed by atoms with Gasteiger partial charge in [-0.15, -0.1) is 0 Å². The van der Waals surface area contributed by atoms with E-state index in [1.807, 2.05) is 24.0 Å². The van der Waals surface area contributed by atoms with Crippen molar-refractivity contribution < 1.29 is 14.4 Å². The molecule has 0 aliphatic carbocycles. The second-order valence-corrected chi connectivity index (χ2v) is 6.36. The largest absolute Gasteiger partial charge is 0.369 e. The van der Waals surface area contributed by atoms with Crippen LogP contribution in [0.15, 0.2) is 24.3 Å². The Bertz CT molecular complexity index is 641. The molecule has 0 aromatic heterocycles. The average molecular weight is 315 g/mol. The smallest absolute Gasteiger partial charge is 0.251 e. The molecule has 3 amide bonds. The highest BCUT2D eigenvalue weighted by Crippen LogP contribution is 2.28. The molecule has 2 N–H and O–H groups in total. The molecule has 2 saturated heterocycles. The van der Waals surface area contributed by atoms with E-state index in [9.17, 15) is 14.4 Å². The molecule has 1 aromatic rings. The minimum absolute atomic E-state index is 0.165. The summed E-state index contributed by atoms with van der Waals surface area (Å²) in [6, 6.07) is 6.86. The van der Waals surface area contributed by atoms with Crippen molar-refractivity contribution in [1.82, 2.24) is 4.90 Å². The first-order chi connectivity index (χ1) is 11.0. The number of anilines is 1. The van der Waals surface area contributed by atoms with Crippen LogP contribution >= 0.6 is 0 Å². The summed E-state index contributed by atoms with van der Waals surface area (Å²) in [7, 11) is 0. The first-order valence-corrected chi connectivity index (χ1v) is 7.94. The Hall–Kier alpha value is -2.21. The molecule has 0 radical (unpaired) electrons. The number of benzene rings is 1. The van der Waals surface area contributed by atoms with Gasteiger partial charge in [-0.25, -0.2) is 4.90 Å². The molecule has 122 valence electrons. The molecule has 1 aromatic carbocycles. The van der Waals surface area contributed by atoms with Crippen LogP contribution < -0.4 is 10.6 Å². The van der Waals surface area contributed by atoms with Gasteiger partial charge in [-0.1, -0.05) is 17.7 Å². The highest BCUT2D eigenvalue weighted by molar-refractivity contribution is 6.22. The van der Waals surface area contributed by atoms with E-state index in [1.165, 1.54) is 4.90 Å². The Balaban J connectivity index is 1.78. The van der Waals surface area contributed by atoms with Crippen LogP contribution in [-0.4, -0.2) is 41.8 Å². The predicted octanol–water partition coefficient (Wildman–Crippen LogP) is 0.824. The number of imide groups is 1. The van der Waals surface area contributed by atoms with Crippen LogP contribution in [0.5, 0.6) is 0 Å². The molecule has 23 heavy (non-hydrogen) atoms. The molecule has 0 unspecified atom stereocenters. The van der Waals surface area contributed by atoms with Gasteiger partial charge in [-0.05, 0) is 38.4 Å². The number of primary amides is 1. The van der Waals surface area contributed by atoms with Gasteiger partial charge in [-0.3, -0.25) is 19.3 Å². The molecule has 0 bridgehead atoms. The number of rotatable bonds is 3. The number of aryl methyl sites for hydroxylation is 1. The third kappa shape index (κ3) is 2.99. The van der Waals surface area contributed by atoms with Crippen LogP contribution in [0.1, 0.15) is 24.8 Å². The summed E-state index contributed by atoms with van der Waals surface area (Å²) in [5.74, 6) is -0.962. The van der Waals surface area contributed by atoms with Crippen LogP contribution in [-0.2, 0) is 14.4 Å². The quantitative estimate of drug-likeness (QED) is 0.837. The number of piperidine rings is 1. The summed E-state index contributed by atoms with van der Waals surface area (Å²) in [6.07, 6.45) is 1.73. The van der Waals surface area contributed by atoms with Crippen LogP contribution in [0.25, 0.3) is 0 Å². The zero-order valence-corrected chi connectivity index (χ0v) is 13.2. The molecule has 2 aliphatic heterocycles. The molecule has 2 aliphatic rings. The van der Waals surface area contributed by atoms with Gasteiger partial charge in [0.05, 0.1) is 24.1 Å². The minimum Gasteiger partial charge on any atom is -0.369 e. The van der Waals surface area contributed by atoms with Crippen molar-refractivity contribution in [3.05, 3.63) is 29.8 Å². The maximum absolute atomic E-state index is 12.7. The standard InChI is InChI=1S/C17H21N3O3/c1-11-4-6-13(7-5-11)20-15(21)9-14(17(20)23)19-8-2-3-12(10-19)16(18)22/h4-7,12,14H,2-3,8-10H2,1H3,(H2,18,22)/t12-,14+/m0/s1. The minimum atomic E-state index is -0.481. The first kappa shape index (κ1) is 15.7. The molecule has 3 rings (SSSR count). The highest BCUT2D eigenvalue weighted by Gasteiger charge is 2.44. The summed E-state index contributed by atoms with van der Waals surface area (Å²) in [5, 5.41) is 0. The van der Waals surface area contributed by atoms with Gasteiger partial charge in [0.1, 0.15) is 0 Å². The highest BCUT2D eigenvalue weighted by atomic mass is 16.2. The van der Waals surface area contributed by atoms with Gasteiger partial charge >= 0.3 is 0 Å². The van der Waals surface area contributed by atoms with Gasteiger partial charge in [0.2, 0.25) is 11.8 Å². The second-order valence-electron chi connectivity index (χ2n) is 6.36. The lowest BCUT2D eigenvalue weighted by Crippen LogP contribution is -2.49. The van der Waals surface area contributed by atoms with Gasteiger partial charge in [0.15, 0.2) is 0 Å².